The van der Waals surface area contributed by atoms with Crippen LogP contribution in [-0.4, -0.2) is 35.4 Å². The van der Waals surface area contributed by atoms with E-state index in [1.54, 1.807) is 12.4 Å². The van der Waals surface area contributed by atoms with E-state index in [4.69, 9.17) is 5.73 Å². The number of carbonyl (C=O) groups is 1. The van der Waals surface area contributed by atoms with Crippen molar-refractivity contribution in [3.63, 3.8) is 0 Å². The number of aromatic nitrogens is 1. The van der Waals surface area contributed by atoms with E-state index in [9.17, 15) is 4.79 Å². The lowest BCUT2D eigenvalue weighted by Crippen LogP contribution is -2.39. The third kappa shape index (κ3) is 6.20. The van der Waals surface area contributed by atoms with E-state index in [-0.39, 0.29) is 42.7 Å². The van der Waals surface area contributed by atoms with Crippen LogP contribution in [0.3, 0.4) is 0 Å². The van der Waals surface area contributed by atoms with Crippen molar-refractivity contribution < 1.29 is 4.79 Å². The van der Waals surface area contributed by atoms with Gasteiger partial charge < -0.3 is 10.6 Å². The molecule has 0 spiro atoms. The molecule has 0 aromatic carbocycles. The molecular weight excluding hydrogens is 309 g/mol. The van der Waals surface area contributed by atoms with Crippen molar-refractivity contribution in [1.29, 1.82) is 0 Å². The lowest BCUT2D eigenvalue weighted by Gasteiger charge is -2.29. The van der Waals surface area contributed by atoms with Gasteiger partial charge in [0.1, 0.15) is 0 Å². The normalized spacial score (nSPS) is 20.9. The largest absolute Gasteiger partial charge is 0.345 e. The highest BCUT2D eigenvalue weighted by Crippen LogP contribution is 2.24. The molecule has 6 heteroatoms. The van der Waals surface area contributed by atoms with Crippen molar-refractivity contribution >= 4 is 30.7 Å². The Balaban J connectivity index is 0.00000200. The third-order valence-electron chi connectivity index (χ3n) is 3.93. The molecule has 0 saturated heterocycles. The van der Waals surface area contributed by atoms with Gasteiger partial charge in [0.2, 0.25) is 5.91 Å². The Bertz CT molecular complexity index is 417. The number of carbonyl (C=O) groups excluding carboxylic acids is 1. The van der Waals surface area contributed by atoms with Crippen LogP contribution in [0.1, 0.15) is 31.2 Å². The number of nitrogens with zero attached hydrogens (tertiary/aromatic N) is 2. The van der Waals surface area contributed by atoms with Crippen molar-refractivity contribution in [1.82, 2.24) is 9.88 Å². The van der Waals surface area contributed by atoms with Crippen molar-refractivity contribution in [3.05, 3.63) is 30.1 Å². The first-order valence-corrected chi connectivity index (χ1v) is 7.06. The Hall–Kier alpha value is -0.840. The fraction of sp³-hybridized carbons (Fsp3) is 0.600. The van der Waals surface area contributed by atoms with Gasteiger partial charge in [-0.1, -0.05) is 6.42 Å². The monoisotopic (exact) mass is 333 g/mol. The molecule has 4 nitrogen and oxygen atoms in total. The van der Waals surface area contributed by atoms with Gasteiger partial charge in [0.15, 0.2) is 0 Å². The van der Waals surface area contributed by atoms with Gasteiger partial charge in [-0.3, -0.25) is 9.78 Å². The first kappa shape index (κ1) is 20.2. The predicted octanol–water partition coefficient (Wildman–Crippen LogP) is 2.44. The number of pyridine rings is 1. The standard InChI is InChI=1S/C15H23N3O.2ClH/c1-18(10-7-12-5-8-17-9-6-12)15(19)13-3-2-4-14(16)11-13;;/h5-6,8-9,13-14H,2-4,7,10-11,16H2,1H3;2*1H. The summed E-state index contributed by atoms with van der Waals surface area (Å²) < 4.78 is 0. The Morgan fingerprint density at radius 1 is 1.33 bits per heavy atom. The molecule has 2 N–H and O–H groups in total. The molecule has 1 saturated carbocycles. The number of halogens is 2. The smallest absolute Gasteiger partial charge is 0.225 e. The maximum absolute atomic E-state index is 12.3. The molecular formula is C15H25Cl2N3O. The fourth-order valence-corrected chi connectivity index (χ4v) is 2.72. The lowest BCUT2D eigenvalue weighted by atomic mass is 9.85. The highest BCUT2D eigenvalue weighted by Gasteiger charge is 2.27. The number of hydrogen-bond donors (Lipinski definition) is 1. The van der Waals surface area contributed by atoms with E-state index in [0.717, 1.165) is 38.6 Å². The highest BCUT2D eigenvalue weighted by atomic mass is 35.5. The first-order chi connectivity index (χ1) is 9.16. The summed E-state index contributed by atoms with van der Waals surface area (Å²) in [6, 6.07) is 4.19. The molecule has 1 aliphatic carbocycles. The number of nitrogens with two attached hydrogens (primary N) is 1. The van der Waals surface area contributed by atoms with Gasteiger partial charge in [0.25, 0.3) is 0 Å². The molecule has 1 fully saturated rings. The Labute approximate surface area is 139 Å². The van der Waals surface area contributed by atoms with Crippen molar-refractivity contribution in [2.75, 3.05) is 13.6 Å². The van der Waals surface area contributed by atoms with Crippen molar-refractivity contribution in [2.24, 2.45) is 11.7 Å². The second kappa shape index (κ2) is 9.98. The second-order valence-electron chi connectivity index (χ2n) is 5.49. The summed E-state index contributed by atoms with van der Waals surface area (Å²) >= 11 is 0. The summed E-state index contributed by atoms with van der Waals surface area (Å²) in [7, 11) is 1.89. The van der Waals surface area contributed by atoms with Gasteiger partial charge in [-0.15, -0.1) is 24.8 Å². The molecule has 1 aromatic heterocycles. The van der Waals surface area contributed by atoms with Gasteiger partial charge in [0, 0.05) is 37.9 Å². The third-order valence-corrected chi connectivity index (χ3v) is 3.93. The number of likely N-dealkylation sites (N-methyl/N-ethyl adjacent to an activating group) is 1. The van der Waals surface area contributed by atoms with E-state index in [2.05, 4.69) is 4.98 Å². The quantitative estimate of drug-likeness (QED) is 0.920. The maximum atomic E-state index is 12.3. The average Bonchev–Trinajstić information content (AvgIpc) is 2.45. The highest BCUT2D eigenvalue weighted by molar-refractivity contribution is 5.85. The summed E-state index contributed by atoms with van der Waals surface area (Å²) in [5.41, 5.74) is 7.17. The molecule has 1 amide bonds. The summed E-state index contributed by atoms with van der Waals surface area (Å²) in [5, 5.41) is 0. The molecule has 0 bridgehead atoms. The van der Waals surface area contributed by atoms with E-state index >= 15 is 0 Å². The molecule has 21 heavy (non-hydrogen) atoms. The summed E-state index contributed by atoms with van der Waals surface area (Å²) in [6.45, 7) is 0.759. The van der Waals surface area contributed by atoms with Gasteiger partial charge in [-0.2, -0.15) is 0 Å². The van der Waals surface area contributed by atoms with Crippen LogP contribution in [0.5, 0.6) is 0 Å². The molecule has 0 aliphatic heterocycles. The Morgan fingerprint density at radius 2 is 2.00 bits per heavy atom. The van der Waals surface area contributed by atoms with Crippen LogP contribution in [-0.2, 0) is 11.2 Å². The second-order valence-corrected chi connectivity index (χ2v) is 5.49. The van der Waals surface area contributed by atoms with Gasteiger partial charge >= 0.3 is 0 Å². The zero-order valence-electron chi connectivity index (χ0n) is 12.4. The van der Waals surface area contributed by atoms with Crippen LogP contribution in [0.2, 0.25) is 0 Å². The minimum atomic E-state index is 0. The van der Waals surface area contributed by atoms with Crippen molar-refractivity contribution in [2.45, 2.75) is 38.1 Å². The molecule has 2 atom stereocenters. The maximum Gasteiger partial charge on any atom is 0.225 e. The molecule has 0 radical (unpaired) electrons. The minimum Gasteiger partial charge on any atom is -0.345 e. The number of hydrogen-bond acceptors (Lipinski definition) is 3. The van der Waals surface area contributed by atoms with Gasteiger partial charge in [-0.05, 0) is 43.4 Å². The summed E-state index contributed by atoms with van der Waals surface area (Å²) in [6.07, 6.45) is 8.43. The van der Waals surface area contributed by atoms with Crippen LogP contribution in [0, 0.1) is 5.92 Å². The van der Waals surface area contributed by atoms with Crippen LogP contribution < -0.4 is 5.73 Å². The molecule has 2 unspecified atom stereocenters. The van der Waals surface area contributed by atoms with Gasteiger partial charge in [0.05, 0.1) is 0 Å². The number of rotatable bonds is 4. The number of amides is 1. The Morgan fingerprint density at radius 3 is 2.62 bits per heavy atom. The zero-order chi connectivity index (χ0) is 13.7. The topological polar surface area (TPSA) is 59.2 Å². The lowest BCUT2D eigenvalue weighted by molar-refractivity contribution is -0.135. The van der Waals surface area contributed by atoms with Crippen LogP contribution >= 0.6 is 24.8 Å². The predicted molar refractivity (Wildman–Crippen MR) is 90.0 cm³/mol. The molecule has 1 aromatic rings. The van der Waals surface area contributed by atoms with E-state index < -0.39 is 0 Å². The van der Waals surface area contributed by atoms with Crippen LogP contribution in [0.4, 0.5) is 0 Å². The fourth-order valence-electron chi connectivity index (χ4n) is 2.72. The van der Waals surface area contributed by atoms with E-state index in [1.165, 1.54) is 5.56 Å². The van der Waals surface area contributed by atoms with Crippen LogP contribution in [0.25, 0.3) is 0 Å². The molecule has 1 aliphatic rings. The van der Waals surface area contributed by atoms with E-state index in [1.807, 2.05) is 24.1 Å². The molecule has 120 valence electrons. The SMILES string of the molecule is CN(CCc1ccncc1)C(=O)C1CCCC(N)C1.Cl.Cl. The minimum absolute atomic E-state index is 0. The summed E-state index contributed by atoms with van der Waals surface area (Å²) in [5.74, 6) is 0.385. The average molecular weight is 334 g/mol. The zero-order valence-corrected chi connectivity index (χ0v) is 14.0. The van der Waals surface area contributed by atoms with Crippen LogP contribution in [0.15, 0.2) is 24.5 Å². The van der Waals surface area contributed by atoms with Gasteiger partial charge in [-0.25, -0.2) is 0 Å². The first-order valence-electron chi connectivity index (χ1n) is 7.06. The molecule has 1 heterocycles. The Kier molecular flexibility index (Phi) is 9.58. The van der Waals surface area contributed by atoms with E-state index in [0.29, 0.717) is 0 Å². The van der Waals surface area contributed by atoms with Crippen molar-refractivity contribution in [3.8, 4) is 0 Å². The summed E-state index contributed by atoms with van der Waals surface area (Å²) in [4.78, 5) is 18.2. The molecule has 2 rings (SSSR count).